The highest BCUT2D eigenvalue weighted by molar-refractivity contribution is 4.96. The van der Waals surface area contributed by atoms with Gasteiger partial charge in [-0.05, 0) is 38.1 Å². The molecule has 3 unspecified atom stereocenters. The molecule has 3 rings (SSSR count). The minimum absolute atomic E-state index is 0.710. The third-order valence-electron chi connectivity index (χ3n) is 5.04. The van der Waals surface area contributed by atoms with Gasteiger partial charge in [-0.1, -0.05) is 19.3 Å². The minimum Gasteiger partial charge on any atom is -0.348 e. The Morgan fingerprint density at radius 2 is 2.05 bits per heavy atom. The number of hydrogen-bond donors (Lipinski definition) is 3. The highest BCUT2D eigenvalue weighted by Crippen LogP contribution is 2.30. The Morgan fingerprint density at radius 1 is 1.15 bits per heavy atom. The van der Waals surface area contributed by atoms with E-state index >= 15 is 0 Å². The molecule has 0 amide bonds. The number of aromatic amines is 1. The second-order valence-electron chi connectivity index (χ2n) is 6.39. The monoisotopic (exact) mass is 276 g/mol. The van der Waals surface area contributed by atoms with Crippen molar-refractivity contribution in [2.75, 3.05) is 13.1 Å². The Morgan fingerprint density at radius 3 is 2.85 bits per heavy atom. The highest BCUT2D eigenvalue weighted by atomic mass is 15.0. The van der Waals surface area contributed by atoms with E-state index in [1.54, 1.807) is 6.33 Å². The maximum Gasteiger partial charge on any atom is 0.0921 e. The lowest BCUT2D eigenvalue weighted by Gasteiger charge is -2.40. The average Bonchev–Trinajstić information content (AvgIpc) is 3.02. The van der Waals surface area contributed by atoms with Crippen molar-refractivity contribution in [3.63, 3.8) is 0 Å². The van der Waals surface area contributed by atoms with Crippen molar-refractivity contribution in [3.05, 3.63) is 18.2 Å². The lowest BCUT2D eigenvalue weighted by atomic mass is 9.77. The van der Waals surface area contributed by atoms with E-state index in [4.69, 9.17) is 0 Å². The van der Waals surface area contributed by atoms with Crippen LogP contribution in [0.3, 0.4) is 0 Å². The van der Waals surface area contributed by atoms with E-state index in [-0.39, 0.29) is 0 Å². The van der Waals surface area contributed by atoms with Crippen LogP contribution in [0.5, 0.6) is 0 Å². The molecule has 1 aliphatic carbocycles. The van der Waals surface area contributed by atoms with Crippen molar-refractivity contribution >= 4 is 0 Å². The van der Waals surface area contributed by atoms with Gasteiger partial charge in [-0.2, -0.15) is 0 Å². The van der Waals surface area contributed by atoms with Crippen LogP contribution in [0.15, 0.2) is 12.5 Å². The molecule has 0 bridgehead atoms. The second-order valence-corrected chi connectivity index (χ2v) is 6.39. The van der Waals surface area contributed by atoms with Crippen molar-refractivity contribution < 1.29 is 0 Å². The van der Waals surface area contributed by atoms with E-state index < -0.39 is 0 Å². The van der Waals surface area contributed by atoms with Crippen LogP contribution in [0.2, 0.25) is 0 Å². The van der Waals surface area contributed by atoms with Crippen LogP contribution >= 0.6 is 0 Å². The zero-order valence-corrected chi connectivity index (χ0v) is 12.4. The summed E-state index contributed by atoms with van der Waals surface area (Å²) >= 11 is 0. The predicted octanol–water partition coefficient (Wildman–Crippen LogP) is 2.24. The highest BCUT2D eigenvalue weighted by Gasteiger charge is 2.31. The Labute approximate surface area is 122 Å². The SMILES string of the molecule is c1ncc(CCNC2CCCCC2C2CCCCN2)[nH]1. The van der Waals surface area contributed by atoms with Crippen LogP contribution in [-0.2, 0) is 6.42 Å². The van der Waals surface area contributed by atoms with Gasteiger partial charge in [0.25, 0.3) is 0 Å². The van der Waals surface area contributed by atoms with Gasteiger partial charge in [-0.3, -0.25) is 0 Å². The standard InChI is InChI=1S/C16H28N4/c1-2-6-16(19-10-8-13-11-17-12-20-13)14(5-1)15-7-3-4-9-18-15/h11-12,14-16,18-19H,1-10H2,(H,17,20). The Balaban J connectivity index is 1.49. The maximum atomic E-state index is 4.08. The van der Waals surface area contributed by atoms with Crippen LogP contribution in [0.1, 0.15) is 50.6 Å². The molecule has 3 atom stereocenters. The summed E-state index contributed by atoms with van der Waals surface area (Å²) in [5, 5.41) is 7.59. The lowest BCUT2D eigenvalue weighted by molar-refractivity contribution is 0.182. The molecular formula is C16H28N4. The molecule has 112 valence electrons. The fourth-order valence-corrected chi connectivity index (χ4v) is 3.95. The molecule has 2 aliphatic rings. The summed E-state index contributed by atoms with van der Waals surface area (Å²) < 4.78 is 0. The number of rotatable bonds is 5. The minimum atomic E-state index is 0.710. The van der Waals surface area contributed by atoms with Gasteiger partial charge in [0.2, 0.25) is 0 Å². The summed E-state index contributed by atoms with van der Waals surface area (Å²) in [6, 6.07) is 1.47. The number of aromatic nitrogens is 2. The van der Waals surface area contributed by atoms with Gasteiger partial charge in [0.15, 0.2) is 0 Å². The van der Waals surface area contributed by atoms with Gasteiger partial charge in [0, 0.05) is 36.9 Å². The van der Waals surface area contributed by atoms with Crippen molar-refractivity contribution in [2.24, 2.45) is 5.92 Å². The molecule has 4 heteroatoms. The molecule has 0 radical (unpaired) electrons. The number of piperidine rings is 1. The number of nitrogens with zero attached hydrogens (tertiary/aromatic N) is 1. The van der Waals surface area contributed by atoms with E-state index in [0.717, 1.165) is 24.9 Å². The molecule has 1 aromatic heterocycles. The smallest absolute Gasteiger partial charge is 0.0921 e. The summed E-state index contributed by atoms with van der Waals surface area (Å²) in [4.78, 5) is 7.27. The molecule has 2 heterocycles. The first kappa shape index (κ1) is 14.1. The summed E-state index contributed by atoms with van der Waals surface area (Å²) in [6.45, 7) is 2.29. The van der Waals surface area contributed by atoms with Gasteiger partial charge < -0.3 is 15.6 Å². The lowest BCUT2D eigenvalue weighted by Crippen LogP contribution is -2.50. The first-order valence-corrected chi connectivity index (χ1v) is 8.37. The number of imidazole rings is 1. The van der Waals surface area contributed by atoms with Crippen LogP contribution in [0.4, 0.5) is 0 Å². The van der Waals surface area contributed by atoms with Crippen molar-refractivity contribution in [1.29, 1.82) is 0 Å². The summed E-state index contributed by atoms with van der Waals surface area (Å²) in [6.07, 6.45) is 14.5. The summed E-state index contributed by atoms with van der Waals surface area (Å²) in [7, 11) is 0. The second kappa shape index (κ2) is 7.23. The van der Waals surface area contributed by atoms with Crippen LogP contribution < -0.4 is 10.6 Å². The van der Waals surface area contributed by atoms with Gasteiger partial charge in [-0.25, -0.2) is 4.98 Å². The van der Waals surface area contributed by atoms with Crippen LogP contribution in [0.25, 0.3) is 0 Å². The van der Waals surface area contributed by atoms with Crippen LogP contribution in [0, 0.1) is 5.92 Å². The van der Waals surface area contributed by atoms with Crippen molar-refractivity contribution in [3.8, 4) is 0 Å². The molecule has 0 aromatic carbocycles. The predicted molar refractivity (Wildman–Crippen MR) is 81.7 cm³/mol. The Kier molecular flexibility index (Phi) is 5.09. The molecule has 1 saturated heterocycles. The fourth-order valence-electron chi connectivity index (χ4n) is 3.95. The van der Waals surface area contributed by atoms with E-state index in [1.165, 1.54) is 57.2 Å². The Bertz CT molecular complexity index is 370. The first-order valence-electron chi connectivity index (χ1n) is 8.37. The van der Waals surface area contributed by atoms with Crippen molar-refractivity contribution in [1.82, 2.24) is 20.6 Å². The maximum absolute atomic E-state index is 4.08. The van der Waals surface area contributed by atoms with E-state index in [2.05, 4.69) is 20.6 Å². The summed E-state index contributed by atoms with van der Waals surface area (Å²) in [5.41, 5.74) is 1.24. The molecule has 1 aromatic rings. The zero-order chi connectivity index (χ0) is 13.6. The molecule has 4 nitrogen and oxygen atoms in total. The molecule has 0 spiro atoms. The number of H-pyrrole nitrogens is 1. The van der Waals surface area contributed by atoms with Crippen molar-refractivity contribution in [2.45, 2.75) is 63.5 Å². The fraction of sp³-hybridized carbons (Fsp3) is 0.812. The summed E-state index contributed by atoms with van der Waals surface area (Å²) in [5.74, 6) is 0.839. The largest absolute Gasteiger partial charge is 0.348 e. The van der Waals surface area contributed by atoms with Gasteiger partial charge in [0.05, 0.1) is 6.33 Å². The topological polar surface area (TPSA) is 52.7 Å². The number of hydrogen-bond acceptors (Lipinski definition) is 3. The first-order chi connectivity index (χ1) is 9.93. The molecule has 1 aliphatic heterocycles. The average molecular weight is 276 g/mol. The Hall–Kier alpha value is -0.870. The van der Waals surface area contributed by atoms with E-state index in [0.29, 0.717) is 6.04 Å². The quantitative estimate of drug-likeness (QED) is 0.773. The van der Waals surface area contributed by atoms with E-state index in [1.807, 2.05) is 6.20 Å². The molecule has 2 fully saturated rings. The molecule has 20 heavy (non-hydrogen) atoms. The molecule has 1 saturated carbocycles. The number of nitrogens with one attached hydrogen (secondary N) is 3. The normalized spacial score (nSPS) is 31.3. The van der Waals surface area contributed by atoms with Gasteiger partial charge >= 0.3 is 0 Å². The van der Waals surface area contributed by atoms with E-state index in [9.17, 15) is 0 Å². The third-order valence-corrected chi connectivity index (χ3v) is 5.04. The zero-order valence-electron chi connectivity index (χ0n) is 12.4. The molecular weight excluding hydrogens is 248 g/mol. The van der Waals surface area contributed by atoms with Gasteiger partial charge in [-0.15, -0.1) is 0 Å². The van der Waals surface area contributed by atoms with Crippen LogP contribution in [-0.4, -0.2) is 35.1 Å². The van der Waals surface area contributed by atoms with Gasteiger partial charge in [0.1, 0.15) is 0 Å². The third kappa shape index (κ3) is 3.61. The molecule has 3 N–H and O–H groups in total.